The van der Waals surface area contributed by atoms with Gasteiger partial charge in [-0.25, -0.2) is 0 Å². The fraction of sp³-hybridized carbons (Fsp3) is 0.750. The molecule has 0 aromatic heterocycles. The molecule has 20 heavy (non-hydrogen) atoms. The second-order valence-electron chi connectivity index (χ2n) is 3.63. The van der Waals surface area contributed by atoms with Crippen LogP contribution in [0.2, 0.25) is 0 Å². The van der Waals surface area contributed by atoms with Gasteiger partial charge in [-0.1, -0.05) is 0 Å². The van der Waals surface area contributed by atoms with Crippen LogP contribution >= 0.6 is 15.2 Å². The summed E-state index contributed by atoms with van der Waals surface area (Å²) >= 11 is 0. The lowest BCUT2D eigenvalue weighted by atomic mass is 10.2. The normalized spacial score (nSPS) is 19.4. The molecular formula is C8H16N2O8P2-2. The van der Waals surface area contributed by atoms with E-state index in [4.69, 9.17) is 0 Å². The number of rotatable bonds is 9. The van der Waals surface area contributed by atoms with E-state index in [0.29, 0.717) is 0 Å². The van der Waals surface area contributed by atoms with E-state index in [2.05, 4.69) is 19.4 Å². The van der Waals surface area contributed by atoms with Gasteiger partial charge in [-0.2, -0.15) is 0 Å². The van der Waals surface area contributed by atoms with E-state index < -0.39 is 26.1 Å². The molecule has 0 saturated carbocycles. The second-order valence-corrected chi connectivity index (χ2v) is 7.47. The van der Waals surface area contributed by atoms with E-state index in [1.165, 1.54) is 0 Å². The molecule has 2 atom stereocenters. The van der Waals surface area contributed by atoms with E-state index in [0.717, 1.165) is 14.2 Å². The molecule has 0 spiro atoms. The Labute approximate surface area is 115 Å². The van der Waals surface area contributed by atoms with E-state index in [-0.39, 0.29) is 25.7 Å². The Balaban J connectivity index is 4.41. The highest BCUT2D eigenvalue weighted by Gasteiger charge is 2.26. The lowest BCUT2D eigenvalue weighted by Crippen LogP contribution is -2.04. The zero-order chi connectivity index (χ0) is 15.8. The van der Waals surface area contributed by atoms with Crippen molar-refractivity contribution in [2.75, 3.05) is 14.2 Å². The van der Waals surface area contributed by atoms with Crippen LogP contribution in [0.3, 0.4) is 0 Å². The third kappa shape index (κ3) is 5.70. The van der Waals surface area contributed by atoms with Crippen molar-refractivity contribution >= 4 is 26.1 Å². The maximum absolute atomic E-state index is 11.3. The van der Waals surface area contributed by atoms with Crippen LogP contribution in [0.25, 0.3) is 0 Å². The Hall–Kier alpha value is -0.760. The molecule has 0 rings (SSSR count). The largest absolute Gasteiger partial charge is 0.792 e. The van der Waals surface area contributed by atoms with E-state index in [1.54, 1.807) is 0 Å². The van der Waals surface area contributed by atoms with Gasteiger partial charge < -0.3 is 39.6 Å². The van der Waals surface area contributed by atoms with Crippen LogP contribution in [0.5, 0.6) is 0 Å². The van der Waals surface area contributed by atoms with E-state index in [9.17, 15) is 29.3 Å². The Kier molecular flexibility index (Phi) is 8.19. The summed E-state index contributed by atoms with van der Waals surface area (Å²) in [5.74, 6) is 0. The molecule has 0 aliphatic carbocycles. The lowest BCUT2D eigenvalue weighted by Gasteiger charge is -2.15. The van der Waals surface area contributed by atoms with Crippen LogP contribution in [0.1, 0.15) is 25.7 Å². The highest BCUT2D eigenvalue weighted by Crippen LogP contribution is 2.46. The van der Waals surface area contributed by atoms with Crippen LogP contribution in [0.15, 0.2) is 10.3 Å². The van der Waals surface area contributed by atoms with Gasteiger partial charge in [0.1, 0.15) is 10.9 Å². The summed E-state index contributed by atoms with van der Waals surface area (Å²) in [6.45, 7) is 0. The van der Waals surface area contributed by atoms with Gasteiger partial charge in [-0.15, -0.1) is 0 Å². The predicted molar refractivity (Wildman–Crippen MR) is 73.7 cm³/mol. The minimum atomic E-state index is -4.18. The van der Waals surface area contributed by atoms with Gasteiger partial charge in [-0.3, -0.25) is 9.13 Å². The Morgan fingerprint density at radius 3 is 1.45 bits per heavy atom. The SMILES string of the molecule is COP(=O)(O)/C(CCCC/C(=N/[O-])P(=O)(O)OC)=N\[O-]. The minimum Gasteiger partial charge on any atom is -0.792 e. The Morgan fingerprint density at radius 2 is 1.25 bits per heavy atom. The highest BCUT2D eigenvalue weighted by molar-refractivity contribution is 7.71. The number of hydrogen-bond acceptors (Lipinski definition) is 8. The number of hydrogen-bond donors (Lipinski definition) is 2. The first-order valence-electron chi connectivity index (χ1n) is 5.41. The van der Waals surface area contributed by atoms with Crippen molar-refractivity contribution in [3.8, 4) is 0 Å². The van der Waals surface area contributed by atoms with Gasteiger partial charge in [0.2, 0.25) is 0 Å². The number of unbranched alkanes of at least 4 members (excludes halogenated alkanes) is 1. The topological polar surface area (TPSA) is 164 Å². The second kappa shape index (κ2) is 8.51. The molecule has 0 bridgehead atoms. The van der Waals surface area contributed by atoms with Gasteiger partial charge in [0.15, 0.2) is 0 Å². The summed E-state index contributed by atoms with van der Waals surface area (Å²) in [6.07, 6.45) is 0.0787. The molecule has 12 heteroatoms. The monoisotopic (exact) mass is 330 g/mol. The van der Waals surface area contributed by atoms with Crippen LogP contribution in [-0.4, -0.2) is 34.9 Å². The van der Waals surface area contributed by atoms with Crippen molar-refractivity contribution in [2.24, 2.45) is 10.3 Å². The summed E-state index contributed by atoms with van der Waals surface area (Å²) in [6, 6.07) is 0. The van der Waals surface area contributed by atoms with Crippen molar-refractivity contribution in [2.45, 2.75) is 25.7 Å². The molecule has 2 N–H and O–H groups in total. The quantitative estimate of drug-likeness (QED) is 0.280. The summed E-state index contributed by atoms with van der Waals surface area (Å²) < 4.78 is 31.2. The molecule has 10 nitrogen and oxygen atoms in total. The zero-order valence-corrected chi connectivity index (χ0v) is 12.8. The van der Waals surface area contributed by atoms with Gasteiger partial charge in [0, 0.05) is 14.2 Å². The van der Waals surface area contributed by atoms with Crippen LogP contribution in [-0.2, 0) is 18.2 Å². The third-order valence-electron chi connectivity index (χ3n) is 2.41. The first-order valence-corrected chi connectivity index (χ1v) is 8.57. The maximum atomic E-state index is 11.3. The van der Waals surface area contributed by atoms with Gasteiger partial charge in [0.25, 0.3) is 0 Å². The molecule has 0 amide bonds. The predicted octanol–water partition coefficient (Wildman–Crippen LogP) is 2.00. The molecule has 0 heterocycles. The van der Waals surface area contributed by atoms with Crippen molar-refractivity contribution in [1.29, 1.82) is 0 Å². The van der Waals surface area contributed by atoms with Crippen molar-refractivity contribution in [3.63, 3.8) is 0 Å². The molecule has 0 fully saturated rings. The average Bonchev–Trinajstić information content (AvgIpc) is 2.42. The summed E-state index contributed by atoms with van der Waals surface area (Å²) in [7, 11) is -6.42. The summed E-state index contributed by atoms with van der Waals surface area (Å²) in [5, 5.41) is 25.7. The standard InChI is InChI=1S/C8H18N2O8P2/c1-17-19(13,14)7(9-11)5-3-4-6-8(10-12)20(15,16)18-2/h11-12H,3-6H2,1-2H3,(H,13,14)(H,15,16)/p-2/b9-7-,10-8-. The maximum Gasteiger partial charge on any atom is 0.371 e. The van der Waals surface area contributed by atoms with Gasteiger partial charge in [0.05, 0.1) is 0 Å². The molecule has 118 valence electrons. The molecule has 2 unspecified atom stereocenters. The van der Waals surface area contributed by atoms with Crippen LogP contribution in [0.4, 0.5) is 0 Å². The fourth-order valence-electron chi connectivity index (χ4n) is 1.25. The summed E-state index contributed by atoms with van der Waals surface area (Å²) in [4.78, 5) is 18.5. The summed E-state index contributed by atoms with van der Waals surface area (Å²) in [5.41, 5.74) is -1.08. The first-order chi connectivity index (χ1) is 9.25. The fourth-order valence-corrected chi connectivity index (χ4v) is 2.76. The van der Waals surface area contributed by atoms with Gasteiger partial charge in [-0.05, 0) is 25.7 Å². The molecule has 0 aromatic carbocycles. The van der Waals surface area contributed by atoms with E-state index in [1.807, 2.05) is 0 Å². The minimum absolute atomic E-state index is 0.139. The smallest absolute Gasteiger partial charge is 0.371 e. The molecule has 0 aliphatic rings. The lowest BCUT2D eigenvalue weighted by molar-refractivity contribution is 0.328. The molecule has 0 radical (unpaired) electrons. The first kappa shape index (κ1) is 19.2. The molecule has 0 aliphatic heterocycles. The molecule has 0 aromatic rings. The zero-order valence-electron chi connectivity index (χ0n) is 11.0. The van der Waals surface area contributed by atoms with Gasteiger partial charge >= 0.3 is 15.2 Å². The molecule has 0 saturated heterocycles. The van der Waals surface area contributed by atoms with Crippen LogP contribution in [0, 0.1) is 10.4 Å². The molecular weight excluding hydrogens is 314 g/mol. The Morgan fingerprint density at radius 1 is 0.950 bits per heavy atom. The number of nitrogens with zero attached hydrogens (tertiary/aromatic N) is 2. The average molecular weight is 330 g/mol. The van der Waals surface area contributed by atoms with Crippen LogP contribution < -0.4 is 0 Å². The van der Waals surface area contributed by atoms with Crippen molar-refractivity contribution in [1.82, 2.24) is 0 Å². The van der Waals surface area contributed by atoms with E-state index >= 15 is 0 Å². The van der Waals surface area contributed by atoms with Crippen molar-refractivity contribution in [3.05, 3.63) is 10.4 Å². The third-order valence-corrected chi connectivity index (χ3v) is 5.31. The van der Waals surface area contributed by atoms with Crippen molar-refractivity contribution < 1.29 is 28.0 Å². The Bertz CT molecular complexity index is 421. The highest BCUT2D eigenvalue weighted by atomic mass is 31.2.